The number of anilines is 1. The first-order chi connectivity index (χ1) is 14.7. The molecular formula is C27H24N2O. The fourth-order valence-electron chi connectivity index (χ4n) is 5.29. The molecule has 1 fully saturated rings. The molecule has 30 heavy (non-hydrogen) atoms. The first kappa shape index (κ1) is 17.6. The largest absolute Gasteiger partial charge is 0.382 e. The molecule has 148 valence electrons. The average molecular weight is 393 g/mol. The molecular weight excluding hydrogens is 368 g/mol. The van der Waals surface area contributed by atoms with E-state index in [1.807, 2.05) is 18.2 Å². The van der Waals surface area contributed by atoms with Gasteiger partial charge in [-0.2, -0.15) is 0 Å². The average Bonchev–Trinajstić information content (AvgIpc) is 2.78. The maximum Gasteiger partial charge on any atom is 0.196 e. The molecule has 2 aliphatic rings. The van der Waals surface area contributed by atoms with Crippen molar-refractivity contribution >= 4 is 33.3 Å². The summed E-state index contributed by atoms with van der Waals surface area (Å²) in [6.07, 6.45) is 6.17. The summed E-state index contributed by atoms with van der Waals surface area (Å²) in [6, 6.07) is 19.0. The van der Waals surface area contributed by atoms with E-state index in [1.54, 1.807) is 0 Å². The van der Waals surface area contributed by atoms with Gasteiger partial charge in [0.25, 0.3) is 0 Å². The number of ketones is 1. The van der Waals surface area contributed by atoms with E-state index in [1.165, 1.54) is 37.7 Å². The molecule has 4 aromatic rings. The number of hydrogen-bond acceptors (Lipinski definition) is 3. The predicted molar refractivity (Wildman–Crippen MR) is 123 cm³/mol. The van der Waals surface area contributed by atoms with Crippen LogP contribution in [-0.2, 0) is 0 Å². The van der Waals surface area contributed by atoms with Crippen LogP contribution in [0.2, 0.25) is 0 Å². The molecule has 0 radical (unpaired) electrons. The highest BCUT2D eigenvalue weighted by molar-refractivity contribution is 6.31. The number of hydrogen-bond donors (Lipinski definition) is 1. The number of pyridine rings is 1. The lowest BCUT2D eigenvalue weighted by atomic mass is 9.81. The molecule has 0 saturated heterocycles. The van der Waals surface area contributed by atoms with Crippen LogP contribution >= 0.6 is 0 Å². The number of nitrogens with one attached hydrogen (secondary N) is 1. The van der Waals surface area contributed by atoms with Crippen molar-refractivity contribution in [3.05, 3.63) is 71.3 Å². The van der Waals surface area contributed by atoms with Crippen LogP contribution in [0, 0.1) is 6.92 Å². The number of aromatic nitrogens is 1. The van der Waals surface area contributed by atoms with Crippen LogP contribution in [0.5, 0.6) is 0 Å². The van der Waals surface area contributed by atoms with Crippen LogP contribution in [0.4, 0.5) is 5.69 Å². The maximum atomic E-state index is 13.7. The fraction of sp³-hybridized carbons (Fsp3) is 0.259. The minimum atomic E-state index is 0.107. The van der Waals surface area contributed by atoms with Gasteiger partial charge in [0.05, 0.1) is 16.6 Å². The summed E-state index contributed by atoms with van der Waals surface area (Å²) in [5.74, 6) is 0.107. The molecule has 1 saturated carbocycles. The molecule has 6 rings (SSSR count). The Labute approximate surface area is 176 Å². The molecule has 0 unspecified atom stereocenters. The van der Waals surface area contributed by atoms with E-state index in [-0.39, 0.29) is 5.78 Å². The normalized spacial score (nSPS) is 16.1. The van der Waals surface area contributed by atoms with Gasteiger partial charge in [-0.3, -0.25) is 4.79 Å². The van der Waals surface area contributed by atoms with E-state index in [4.69, 9.17) is 4.98 Å². The Kier molecular flexibility index (Phi) is 3.92. The van der Waals surface area contributed by atoms with E-state index in [0.717, 1.165) is 49.7 Å². The van der Waals surface area contributed by atoms with Gasteiger partial charge in [0, 0.05) is 33.6 Å². The van der Waals surface area contributed by atoms with Crippen molar-refractivity contribution in [2.45, 2.75) is 45.1 Å². The van der Waals surface area contributed by atoms with E-state index >= 15 is 0 Å². The Balaban J connectivity index is 1.70. The number of nitrogens with zero attached hydrogens (tertiary/aromatic N) is 1. The van der Waals surface area contributed by atoms with Crippen LogP contribution in [0.1, 0.15) is 53.6 Å². The van der Waals surface area contributed by atoms with Gasteiger partial charge in [-0.05, 0) is 49.6 Å². The van der Waals surface area contributed by atoms with E-state index < -0.39 is 0 Å². The van der Waals surface area contributed by atoms with Crippen molar-refractivity contribution in [3.63, 3.8) is 0 Å². The molecule has 1 N–H and O–H groups in total. The number of aryl methyl sites for hydroxylation is 1. The molecule has 0 bridgehead atoms. The minimum absolute atomic E-state index is 0.107. The van der Waals surface area contributed by atoms with Crippen LogP contribution in [0.3, 0.4) is 0 Å². The highest BCUT2D eigenvalue weighted by atomic mass is 16.1. The Bertz CT molecular complexity index is 1330. The van der Waals surface area contributed by atoms with Crippen LogP contribution in [0.15, 0.2) is 54.6 Å². The summed E-state index contributed by atoms with van der Waals surface area (Å²) in [5.41, 5.74) is 7.79. The molecule has 3 aromatic carbocycles. The zero-order valence-electron chi connectivity index (χ0n) is 17.2. The van der Waals surface area contributed by atoms with Crippen molar-refractivity contribution in [2.24, 2.45) is 0 Å². The highest BCUT2D eigenvalue weighted by Crippen LogP contribution is 2.45. The predicted octanol–water partition coefficient (Wildman–Crippen LogP) is 6.65. The summed E-state index contributed by atoms with van der Waals surface area (Å²) in [6.45, 7) is 2.11. The van der Waals surface area contributed by atoms with Crippen molar-refractivity contribution in [1.29, 1.82) is 0 Å². The van der Waals surface area contributed by atoms with Crippen molar-refractivity contribution in [3.8, 4) is 11.1 Å². The summed E-state index contributed by atoms with van der Waals surface area (Å²) >= 11 is 0. The monoisotopic (exact) mass is 392 g/mol. The Morgan fingerprint density at radius 3 is 2.47 bits per heavy atom. The number of carbonyl (C=O) groups is 1. The fourth-order valence-corrected chi connectivity index (χ4v) is 5.29. The first-order valence-corrected chi connectivity index (χ1v) is 11.0. The van der Waals surface area contributed by atoms with Gasteiger partial charge in [0.1, 0.15) is 0 Å². The lowest BCUT2D eigenvalue weighted by Gasteiger charge is -2.28. The van der Waals surface area contributed by atoms with Gasteiger partial charge in [-0.25, -0.2) is 4.98 Å². The third-order valence-corrected chi connectivity index (χ3v) is 6.73. The van der Waals surface area contributed by atoms with Crippen molar-refractivity contribution in [1.82, 2.24) is 4.98 Å². The molecule has 2 aliphatic carbocycles. The smallest absolute Gasteiger partial charge is 0.196 e. The number of fused-ring (bicyclic) bond motifs is 4. The van der Waals surface area contributed by atoms with E-state index in [9.17, 15) is 4.79 Å². The van der Waals surface area contributed by atoms with Gasteiger partial charge in [-0.15, -0.1) is 0 Å². The third kappa shape index (κ3) is 2.58. The Morgan fingerprint density at radius 2 is 1.63 bits per heavy atom. The van der Waals surface area contributed by atoms with Gasteiger partial charge in [-0.1, -0.05) is 55.2 Å². The van der Waals surface area contributed by atoms with Crippen LogP contribution in [-0.4, -0.2) is 16.8 Å². The summed E-state index contributed by atoms with van der Waals surface area (Å²) in [5, 5.41) is 5.85. The lowest BCUT2D eigenvalue weighted by molar-refractivity contribution is 0.104. The maximum absolute atomic E-state index is 13.7. The van der Waals surface area contributed by atoms with Crippen molar-refractivity contribution < 1.29 is 4.79 Å². The first-order valence-electron chi connectivity index (χ1n) is 11.0. The molecule has 0 aliphatic heterocycles. The molecule has 0 spiro atoms. The highest BCUT2D eigenvalue weighted by Gasteiger charge is 2.30. The second-order valence-corrected chi connectivity index (χ2v) is 8.74. The molecule has 1 aromatic heterocycles. The second-order valence-electron chi connectivity index (χ2n) is 8.74. The minimum Gasteiger partial charge on any atom is -0.382 e. The summed E-state index contributed by atoms with van der Waals surface area (Å²) in [4.78, 5) is 18.6. The standard InChI is InChI=1S/C27H24N2O/c1-16-11-12-21-20(15-16)24-18-9-5-6-10-19(18)27(30)26-23(14-13-22(29-21)25(24)26)28-17-7-3-2-4-8-17/h5-6,9-15,17,28H,2-4,7-8H2,1H3. The number of carbonyl (C=O) groups excluding carboxylic acids is 1. The third-order valence-electron chi connectivity index (χ3n) is 6.73. The quantitative estimate of drug-likeness (QED) is 0.342. The SMILES string of the molecule is Cc1ccc2nc3ccc(NC4CCCCC4)c4c3c(c2c1)-c1ccccc1C4=O. The lowest BCUT2D eigenvalue weighted by Crippen LogP contribution is -2.24. The topological polar surface area (TPSA) is 42.0 Å². The zero-order valence-corrected chi connectivity index (χ0v) is 17.2. The molecule has 1 heterocycles. The van der Waals surface area contributed by atoms with Crippen LogP contribution in [0.25, 0.3) is 32.9 Å². The Hall–Kier alpha value is -3.20. The molecule has 3 heteroatoms. The van der Waals surface area contributed by atoms with E-state index in [0.29, 0.717) is 6.04 Å². The summed E-state index contributed by atoms with van der Waals surface area (Å²) < 4.78 is 0. The molecule has 0 amide bonds. The molecule has 0 atom stereocenters. The van der Waals surface area contributed by atoms with Crippen molar-refractivity contribution in [2.75, 3.05) is 5.32 Å². The van der Waals surface area contributed by atoms with E-state index in [2.05, 4.69) is 48.6 Å². The number of benzene rings is 3. The van der Waals surface area contributed by atoms with Gasteiger partial charge < -0.3 is 5.32 Å². The molecule has 3 nitrogen and oxygen atoms in total. The van der Waals surface area contributed by atoms with Gasteiger partial charge in [0.15, 0.2) is 5.78 Å². The van der Waals surface area contributed by atoms with Crippen LogP contribution < -0.4 is 5.32 Å². The second kappa shape index (κ2) is 6.66. The zero-order chi connectivity index (χ0) is 20.2. The Morgan fingerprint density at radius 1 is 0.867 bits per heavy atom. The van der Waals surface area contributed by atoms with Gasteiger partial charge in [0.2, 0.25) is 0 Å². The number of rotatable bonds is 2. The van der Waals surface area contributed by atoms with Gasteiger partial charge >= 0.3 is 0 Å². The summed E-state index contributed by atoms with van der Waals surface area (Å²) in [7, 11) is 0.